The molecule has 2 amide bonds. The molecule has 0 bridgehead atoms. The molecule has 2 aromatic rings. The lowest BCUT2D eigenvalue weighted by molar-refractivity contribution is -0.144. The maximum atomic E-state index is 13.9. The van der Waals surface area contributed by atoms with Gasteiger partial charge in [0.2, 0.25) is 17.6 Å². The predicted molar refractivity (Wildman–Crippen MR) is 174 cm³/mol. The molecule has 4 unspecified atom stereocenters. The Morgan fingerprint density at radius 3 is 2.22 bits per heavy atom. The lowest BCUT2D eigenvalue weighted by atomic mass is 9.91. The summed E-state index contributed by atoms with van der Waals surface area (Å²) >= 11 is 0. The number of rotatable bonds is 16. The highest BCUT2D eigenvalue weighted by molar-refractivity contribution is 5.86. The fourth-order valence-electron chi connectivity index (χ4n) is 5.98. The van der Waals surface area contributed by atoms with E-state index in [4.69, 9.17) is 10.4 Å². The maximum absolute atomic E-state index is 13.9. The lowest BCUT2D eigenvalue weighted by Gasteiger charge is -2.41. The highest BCUT2D eigenvalue weighted by Gasteiger charge is 2.40. The van der Waals surface area contributed by atoms with Crippen LogP contribution in [0.25, 0.3) is 0 Å². The molecule has 2 saturated heterocycles. The number of nitriles is 1. The molecule has 2 aliphatic heterocycles. The minimum absolute atomic E-state index is 0.0330. The average Bonchev–Trinajstić information content (AvgIpc) is 3.09. The number of carbonyl (C=O) groups excluding carboxylic acids is 2. The topological polar surface area (TPSA) is 215 Å². The number of nitrogens with one attached hydrogen (secondary N) is 2. The zero-order valence-electron chi connectivity index (χ0n) is 27.5. The molecule has 0 spiro atoms. The van der Waals surface area contributed by atoms with E-state index in [0.717, 1.165) is 5.56 Å². The minimum Gasteiger partial charge on any atom is -0.394 e. The van der Waals surface area contributed by atoms with Crippen molar-refractivity contribution in [2.75, 3.05) is 49.1 Å². The van der Waals surface area contributed by atoms with Crippen LogP contribution in [0.2, 0.25) is 0 Å². The second kappa shape index (κ2) is 17.7. The summed E-state index contributed by atoms with van der Waals surface area (Å²) in [6.07, 6.45) is -7.90. The molecule has 5 atom stereocenters. The molecular formula is C33H44F3N7O7. The van der Waals surface area contributed by atoms with Gasteiger partial charge in [-0.15, -0.1) is 0 Å². The zero-order chi connectivity index (χ0) is 36.4. The number of hydrogen-bond acceptors (Lipinski definition) is 12. The number of hydrogen-bond donors (Lipinski definition) is 7. The summed E-state index contributed by atoms with van der Waals surface area (Å²) in [5.41, 5.74) is 1.47. The van der Waals surface area contributed by atoms with Gasteiger partial charge < -0.3 is 46.0 Å². The lowest BCUT2D eigenvalue weighted by Crippen LogP contribution is -2.57. The summed E-state index contributed by atoms with van der Waals surface area (Å²) in [7, 11) is 0. The molecule has 3 heterocycles. The Hall–Kier alpha value is -4.08. The minimum atomic E-state index is -4.79. The Morgan fingerprint density at radius 2 is 1.62 bits per heavy atom. The van der Waals surface area contributed by atoms with Crippen molar-refractivity contribution in [1.82, 2.24) is 20.6 Å². The van der Waals surface area contributed by atoms with Crippen LogP contribution in [0.15, 0.2) is 30.3 Å². The highest BCUT2D eigenvalue weighted by Crippen LogP contribution is 2.34. The van der Waals surface area contributed by atoms with Crippen LogP contribution in [0.3, 0.4) is 0 Å². The van der Waals surface area contributed by atoms with E-state index in [1.165, 1.54) is 6.07 Å². The Kier molecular flexibility index (Phi) is 13.7. The Bertz CT molecular complexity index is 1470. The largest absolute Gasteiger partial charge is 0.451 e. The number of aromatic nitrogens is 2. The molecule has 0 radical (unpaired) electrons. The van der Waals surface area contributed by atoms with Gasteiger partial charge >= 0.3 is 6.18 Å². The molecule has 0 aliphatic carbocycles. The first kappa shape index (κ1) is 38.7. The fraction of sp³-hybridized carbons (Fsp3) is 0.606. The van der Waals surface area contributed by atoms with Crippen LogP contribution in [0.1, 0.15) is 55.5 Å². The van der Waals surface area contributed by atoms with E-state index in [1.807, 2.05) is 6.07 Å². The van der Waals surface area contributed by atoms with E-state index in [-0.39, 0.29) is 42.3 Å². The standard InChI is InChI=1S/C33H44F3N7O7/c34-33(35,36)32-40-26(16-27(41-32)43-15-11-23(43)31(50)38-12-8-21-4-6-22(17-37)7-5-21)42-13-9-20(10-14-42)2-1-3-28(47)39-18-24(45)29(48)30(49)25(46)19-44/h4-7,16,20,23-25,29-30,44-46,48-49H,1-3,8-15,18-19H2,(H,38,50)(H,39,47)/t23-,24?,25?,29?,30?/m0/s1. The Morgan fingerprint density at radius 1 is 0.960 bits per heavy atom. The molecule has 2 aliphatic rings. The van der Waals surface area contributed by atoms with Crippen molar-refractivity contribution < 1.29 is 48.3 Å². The number of halogens is 3. The van der Waals surface area contributed by atoms with Crippen molar-refractivity contribution in [2.45, 2.75) is 81.6 Å². The van der Waals surface area contributed by atoms with Gasteiger partial charge in [-0.1, -0.05) is 12.1 Å². The summed E-state index contributed by atoms with van der Waals surface area (Å²) in [5, 5.41) is 62.0. The molecule has 14 nitrogen and oxygen atoms in total. The van der Waals surface area contributed by atoms with Gasteiger partial charge in [0, 0.05) is 45.2 Å². The summed E-state index contributed by atoms with van der Waals surface area (Å²) < 4.78 is 41.6. The molecule has 7 N–H and O–H groups in total. The monoisotopic (exact) mass is 707 g/mol. The third-order valence-electron chi connectivity index (χ3n) is 9.15. The number of aliphatic hydroxyl groups excluding tert-OH is 5. The fourth-order valence-corrected chi connectivity index (χ4v) is 5.98. The number of benzene rings is 1. The maximum Gasteiger partial charge on any atom is 0.451 e. The molecule has 4 rings (SSSR count). The van der Waals surface area contributed by atoms with Gasteiger partial charge in [0.15, 0.2) is 0 Å². The van der Waals surface area contributed by atoms with Crippen molar-refractivity contribution in [3.63, 3.8) is 0 Å². The first-order valence-electron chi connectivity index (χ1n) is 16.6. The quantitative estimate of drug-likeness (QED) is 0.125. The molecular weight excluding hydrogens is 663 g/mol. The summed E-state index contributed by atoms with van der Waals surface area (Å²) in [6, 6.07) is 9.86. The number of alkyl halides is 3. The van der Waals surface area contributed by atoms with Gasteiger partial charge in [-0.2, -0.15) is 18.4 Å². The average molecular weight is 708 g/mol. The van der Waals surface area contributed by atoms with E-state index >= 15 is 0 Å². The van der Waals surface area contributed by atoms with Gasteiger partial charge in [0.25, 0.3) is 0 Å². The van der Waals surface area contributed by atoms with Crippen LogP contribution in [0.4, 0.5) is 24.8 Å². The smallest absolute Gasteiger partial charge is 0.394 e. The second-order valence-corrected chi connectivity index (χ2v) is 12.7. The van der Waals surface area contributed by atoms with E-state index in [9.17, 15) is 43.2 Å². The van der Waals surface area contributed by atoms with Crippen molar-refractivity contribution in [3.05, 3.63) is 47.3 Å². The molecule has 1 aromatic carbocycles. The molecule has 17 heteroatoms. The normalized spacial score (nSPS) is 19.1. The predicted octanol–water partition coefficient (Wildman–Crippen LogP) is 0.243. The molecule has 1 aromatic heterocycles. The van der Waals surface area contributed by atoms with Crippen LogP contribution in [-0.4, -0.2) is 117 Å². The number of nitrogens with zero attached hydrogens (tertiary/aromatic N) is 5. The highest BCUT2D eigenvalue weighted by atomic mass is 19.4. The molecule has 50 heavy (non-hydrogen) atoms. The SMILES string of the molecule is N#Cc1ccc(CCNC(=O)[C@@H]2CCN2c2cc(N3CCC(CCCC(=O)NCC(O)C(O)C(O)C(O)CO)CC3)nc(C(F)(F)F)n2)cc1. The first-order valence-corrected chi connectivity index (χ1v) is 16.6. The van der Waals surface area contributed by atoms with Crippen LogP contribution < -0.4 is 20.4 Å². The Balaban J connectivity index is 1.25. The summed E-state index contributed by atoms with van der Waals surface area (Å²) in [4.78, 5) is 36.1. The van der Waals surface area contributed by atoms with Gasteiger partial charge in [0.1, 0.15) is 36.0 Å². The number of carbonyl (C=O) groups is 2. The van der Waals surface area contributed by atoms with Crippen LogP contribution in [-0.2, 0) is 22.2 Å². The van der Waals surface area contributed by atoms with Gasteiger partial charge in [-0.25, -0.2) is 9.97 Å². The van der Waals surface area contributed by atoms with Crippen molar-refractivity contribution in [3.8, 4) is 6.07 Å². The van der Waals surface area contributed by atoms with Crippen molar-refractivity contribution in [1.29, 1.82) is 5.26 Å². The van der Waals surface area contributed by atoms with E-state index in [2.05, 4.69) is 20.6 Å². The summed E-state index contributed by atoms with van der Waals surface area (Å²) in [5.74, 6) is -1.59. The number of anilines is 2. The van der Waals surface area contributed by atoms with Crippen molar-refractivity contribution >= 4 is 23.5 Å². The third kappa shape index (κ3) is 10.5. The van der Waals surface area contributed by atoms with Crippen LogP contribution in [0, 0.1) is 17.2 Å². The van der Waals surface area contributed by atoms with E-state index in [1.54, 1.807) is 34.1 Å². The zero-order valence-corrected chi connectivity index (χ0v) is 27.5. The van der Waals surface area contributed by atoms with Gasteiger partial charge in [0.05, 0.1) is 24.3 Å². The third-order valence-corrected chi connectivity index (χ3v) is 9.15. The van der Waals surface area contributed by atoms with Gasteiger partial charge in [-0.05, 0) is 62.1 Å². The van der Waals surface area contributed by atoms with Crippen LogP contribution >= 0.6 is 0 Å². The van der Waals surface area contributed by atoms with E-state index < -0.39 is 49.1 Å². The first-order chi connectivity index (χ1) is 23.8. The van der Waals surface area contributed by atoms with Gasteiger partial charge in [-0.3, -0.25) is 9.59 Å². The summed E-state index contributed by atoms with van der Waals surface area (Å²) in [6.45, 7) is 0.399. The molecule has 274 valence electrons. The van der Waals surface area contributed by atoms with Crippen molar-refractivity contribution in [2.24, 2.45) is 5.92 Å². The van der Waals surface area contributed by atoms with Crippen LogP contribution in [0.5, 0.6) is 0 Å². The number of piperidine rings is 1. The van der Waals surface area contributed by atoms with E-state index in [0.29, 0.717) is 70.3 Å². The number of aliphatic hydroxyl groups is 5. The molecule has 2 fully saturated rings. The second-order valence-electron chi connectivity index (χ2n) is 12.7. The number of amides is 2. The Labute approximate surface area is 287 Å². The molecule has 0 saturated carbocycles.